The van der Waals surface area contributed by atoms with Crippen LogP contribution in [0.5, 0.6) is 0 Å². The number of methoxy groups -OCH3 is 1. The van der Waals surface area contributed by atoms with Gasteiger partial charge in [-0.2, -0.15) is 0 Å². The minimum absolute atomic E-state index is 0.266. The van der Waals surface area contributed by atoms with Crippen molar-refractivity contribution in [3.05, 3.63) is 0 Å². The highest BCUT2D eigenvalue weighted by Gasteiger charge is 1.97. The van der Waals surface area contributed by atoms with E-state index >= 15 is 0 Å². The molecule has 0 radical (unpaired) electrons. The van der Waals surface area contributed by atoms with Crippen LogP contribution in [0.4, 0.5) is 0 Å². The fourth-order valence-corrected chi connectivity index (χ4v) is 0.806. The van der Waals surface area contributed by atoms with Crippen molar-refractivity contribution in [3.63, 3.8) is 0 Å². The molecule has 1 nitrogen and oxygen atoms in total. The molecule has 0 N–H and O–H groups in total. The fourth-order valence-electron chi connectivity index (χ4n) is 0.482. The molecule has 0 aliphatic heterocycles. The van der Waals surface area contributed by atoms with E-state index in [4.69, 9.17) is 4.74 Å². The number of unbranched alkanes of at least 4 members (excludes halogenated alkanes) is 1. The lowest BCUT2D eigenvalue weighted by atomic mass is 10.3. The summed E-state index contributed by atoms with van der Waals surface area (Å²) in [5.41, 5.74) is 0. The highest BCUT2D eigenvalue weighted by Crippen LogP contribution is 2.08. The Morgan fingerprint density at radius 1 is 1.62 bits per heavy atom. The van der Waals surface area contributed by atoms with Crippen molar-refractivity contribution in [2.24, 2.45) is 0 Å². The van der Waals surface area contributed by atoms with E-state index in [0.29, 0.717) is 0 Å². The van der Waals surface area contributed by atoms with Crippen molar-refractivity contribution in [1.29, 1.82) is 0 Å². The van der Waals surface area contributed by atoms with Gasteiger partial charge in [0.05, 0.1) is 0 Å². The van der Waals surface area contributed by atoms with E-state index in [0.717, 1.165) is 6.42 Å². The Balaban J connectivity index is 2.86. The van der Waals surface area contributed by atoms with E-state index in [1.807, 2.05) is 0 Å². The van der Waals surface area contributed by atoms with Gasteiger partial charge in [0.25, 0.3) is 0 Å². The van der Waals surface area contributed by atoms with E-state index in [9.17, 15) is 0 Å². The predicted octanol–water partition coefficient (Wildman–Crippen LogP) is 2.54. The third-order valence-electron chi connectivity index (χ3n) is 1.04. The Labute approximate surface area is 59.5 Å². The van der Waals surface area contributed by atoms with Gasteiger partial charge in [0.15, 0.2) is 0 Å². The van der Waals surface area contributed by atoms with Crippen molar-refractivity contribution >= 4 is 15.9 Å². The molecule has 0 heterocycles. The molecule has 0 rings (SSSR count). The predicted molar refractivity (Wildman–Crippen MR) is 39.2 cm³/mol. The van der Waals surface area contributed by atoms with Gasteiger partial charge in [0.1, 0.15) is 5.01 Å². The molecule has 0 aliphatic carbocycles. The molecule has 0 saturated heterocycles. The second-order valence-electron chi connectivity index (χ2n) is 1.79. The molecule has 1 unspecified atom stereocenters. The van der Waals surface area contributed by atoms with Gasteiger partial charge in [-0.15, -0.1) is 0 Å². The maximum atomic E-state index is 4.97. The lowest BCUT2D eigenvalue weighted by molar-refractivity contribution is 0.169. The highest BCUT2D eigenvalue weighted by molar-refractivity contribution is 9.09. The molecule has 0 fully saturated rings. The Morgan fingerprint density at radius 3 is 2.62 bits per heavy atom. The largest absolute Gasteiger partial charge is 0.370 e. The summed E-state index contributed by atoms with van der Waals surface area (Å²) in [5, 5.41) is 0.266. The van der Waals surface area contributed by atoms with Crippen molar-refractivity contribution in [2.75, 3.05) is 7.11 Å². The van der Waals surface area contributed by atoms with Crippen molar-refractivity contribution in [3.8, 4) is 0 Å². The molecule has 0 bridgehead atoms. The molecule has 0 aliphatic rings. The van der Waals surface area contributed by atoms with E-state index in [1.54, 1.807) is 7.11 Å². The maximum Gasteiger partial charge on any atom is 0.112 e. The quantitative estimate of drug-likeness (QED) is 0.605. The number of halogens is 1. The molecule has 0 saturated carbocycles. The zero-order chi connectivity index (χ0) is 6.41. The molecule has 50 valence electrons. The smallest absolute Gasteiger partial charge is 0.112 e. The van der Waals surface area contributed by atoms with E-state index in [2.05, 4.69) is 22.9 Å². The molecular formula is C6H13BrO. The van der Waals surface area contributed by atoms with Gasteiger partial charge < -0.3 is 4.74 Å². The van der Waals surface area contributed by atoms with Crippen molar-refractivity contribution in [2.45, 2.75) is 31.2 Å². The lowest BCUT2D eigenvalue weighted by Crippen LogP contribution is -1.98. The van der Waals surface area contributed by atoms with Crippen LogP contribution in [-0.4, -0.2) is 12.1 Å². The topological polar surface area (TPSA) is 9.23 Å². The van der Waals surface area contributed by atoms with Crippen LogP contribution in [0.1, 0.15) is 26.2 Å². The standard InChI is InChI=1S/C6H13BrO/c1-3-4-5-6(7)8-2/h6H,3-5H2,1-2H3. The van der Waals surface area contributed by atoms with Crippen molar-refractivity contribution < 1.29 is 4.74 Å². The monoisotopic (exact) mass is 180 g/mol. The third-order valence-corrected chi connectivity index (χ3v) is 1.87. The average molecular weight is 181 g/mol. The molecular weight excluding hydrogens is 168 g/mol. The SMILES string of the molecule is CCCCC(Br)OC. The van der Waals surface area contributed by atoms with E-state index in [-0.39, 0.29) is 5.01 Å². The number of hydrogen-bond acceptors (Lipinski definition) is 1. The minimum atomic E-state index is 0.266. The summed E-state index contributed by atoms with van der Waals surface area (Å²) < 4.78 is 4.97. The summed E-state index contributed by atoms with van der Waals surface area (Å²) in [6.45, 7) is 2.18. The van der Waals surface area contributed by atoms with Gasteiger partial charge in [0.2, 0.25) is 0 Å². The molecule has 0 amide bonds. The van der Waals surface area contributed by atoms with Crippen LogP contribution in [-0.2, 0) is 4.74 Å². The fraction of sp³-hybridized carbons (Fsp3) is 1.00. The number of alkyl halides is 1. The second kappa shape index (κ2) is 5.57. The summed E-state index contributed by atoms with van der Waals surface area (Å²) in [6, 6.07) is 0. The third kappa shape index (κ3) is 4.60. The molecule has 8 heavy (non-hydrogen) atoms. The van der Waals surface area contributed by atoms with Gasteiger partial charge in [-0.3, -0.25) is 0 Å². The van der Waals surface area contributed by atoms with Crippen LogP contribution in [0.3, 0.4) is 0 Å². The van der Waals surface area contributed by atoms with Crippen LogP contribution >= 0.6 is 15.9 Å². The van der Waals surface area contributed by atoms with E-state index in [1.165, 1.54) is 12.8 Å². The van der Waals surface area contributed by atoms with Crippen LogP contribution < -0.4 is 0 Å². The second-order valence-corrected chi connectivity index (χ2v) is 2.81. The zero-order valence-electron chi connectivity index (χ0n) is 5.48. The number of ether oxygens (including phenoxy) is 1. The Hall–Kier alpha value is 0.440. The summed E-state index contributed by atoms with van der Waals surface area (Å²) in [7, 11) is 1.72. The summed E-state index contributed by atoms with van der Waals surface area (Å²) in [4.78, 5) is 0. The van der Waals surface area contributed by atoms with Crippen LogP contribution in [0, 0.1) is 0 Å². The lowest BCUT2D eigenvalue weighted by Gasteiger charge is -2.04. The molecule has 0 spiro atoms. The highest BCUT2D eigenvalue weighted by atomic mass is 79.9. The summed E-state index contributed by atoms with van der Waals surface area (Å²) in [6.07, 6.45) is 3.60. The first-order chi connectivity index (χ1) is 3.81. The van der Waals surface area contributed by atoms with E-state index < -0.39 is 0 Å². The van der Waals surface area contributed by atoms with Gasteiger partial charge in [0, 0.05) is 7.11 Å². The Morgan fingerprint density at radius 2 is 2.25 bits per heavy atom. The van der Waals surface area contributed by atoms with Crippen LogP contribution in [0.2, 0.25) is 0 Å². The van der Waals surface area contributed by atoms with Crippen LogP contribution in [0.25, 0.3) is 0 Å². The minimum Gasteiger partial charge on any atom is -0.370 e. The Kier molecular flexibility index (Phi) is 5.88. The molecule has 2 heteroatoms. The first kappa shape index (κ1) is 8.44. The van der Waals surface area contributed by atoms with Gasteiger partial charge in [-0.25, -0.2) is 0 Å². The van der Waals surface area contributed by atoms with Gasteiger partial charge in [-0.1, -0.05) is 35.7 Å². The first-order valence-electron chi connectivity index (χ1n) is 2.98. The molecule has 0 aromatic heterocycles. The molecule has 0 aromatic rings. The average Bonchev–Trinajstić information content (AvgIpc) is 1.83. The first-order valence-corrected chi connectivity index (χ1v) is 3.89. The zero-order valence-corrected chi connectivity index (χ0v) is 7.07. The molecule has 1 atom stereocenters. The molecule has 0 aromatic carbocycles. The maximum absolute atomic E-state index is 4.97. The van der Waals surface area contributed by atoms with Crippen LogP contribution in [0.15, 0.2) is 0 Å². The van der Waals surface area contributed by atoms with Gasteiger partial charge in [-0.05, 0) is 6.42 Å². The summed E-state index contributed by atoms with van der Waals surface area (Å²) >= 11 is 3.36. The number of rotatable bonds is 4. The normalized spacial score (nSPS) is 13.9. The summed E-state index contributed by atoms with van der Waals surface area (Å²) in [5.74, 6) is 0. The van der Waals surface area contributed by atoms with Crippen molar-refractivity contribution in [1.82, 2.24) is 0 Å². The number of hydrogen-bond donors (Lipinski definition) is 0. The van der Waals surface area contributed by atoms with Gasteiger partial charge >= 0.3 is 0 Å². The Bertz CT molecular complexity index is 47.8.